The molecule has 5 rings (SSSR count). The minimum Gasteiger partial charge on any atom is -0.344 e. The van der Waals surface area contributed by atoms with Gasteiger partial charge in [-0.1, -0.05) is 68.5 Å². The van der Waals surface area contributed by atoms with E-state index in [-0.39, 0.29) is 30.1 Å². The molecule has 0 saturated carbocycles. The van der Waals surface area contributed by atoms with Gasteiger partial charge in [0, 0.05) is 60.3 Å². The van der Waals surface area contributed by atoms with Crippen molar-refractivity contribution < 1.29 is 23.8 Å². The first kappa shape index (κ1) is 28.3. The first-order valence-electron chi connectivity index (χ1n) is 14.2. The average molecular weight is 553 g/mol. The largest absolute Gasteiger partial charge is 0.344 e. The fraction of sp³-hybridized carbons (Fsp3) is 0.353. The molecule has 3 aliphatic rings. The molecule has 0 atom stereocenters. The number of anilines is 1. The molecule has 0 aliphatic carbocycles. The average Bonchev–Trinajstić information content (AvgIpc) is 3.45. The third kappa shape index (κ3) is 5.17. The summed E-state index contributed by atoms with van der Waals surface area (Å²) in [5, 5.41) is 0.613. The van der Waals surface area contributed by atoms with Crippen LogP contribution in [0.15, 0.2) is 84.6 Å². The van der Waals surface area contributed by atoms with Crippen molar-refractivity contribution in [3.05, 3.63) is 95.7 Å². The van der Waals surface area contributed by atoms with Crippen LogP contribution in [-0.2, 0) is 30.1 Å². The van der Waals surface area contributed by atoms with Crippen LogP contribution in [0.5, 0.6) is 0 Å². The van der Waals surface area contributed by atoms with Crippen molar-refractivity contribution in [1.29, 1.82) is 0 Å². The zero-order valence-corrected chi connectivity index (χ0v) is 24.5. The number of nitrogens with zero attached hydrogens (tertiary/aromatic N) is 3. The molecule has 2 aromatic rings. The van der Waals surface area contributed by atoms with Crippen LogP contribution in [-0.4, -0.2) is 46.7 Å². The smallest absolute Gasteiger partial charge is 0.333 e. The number of hydroxylamine groups is 2. The summed E-state index contributed by atoms with van der Waals surface area (Å²) in [7, 11) is 2.12. The molecule has 7 nitrogen and oxygen atoms in total. The molecule has 0 aromatic heterocycles. The van der Waals surface area contributed by atoms with Gasteiger partial charge >= 0.3 is 5.97 Å². The Morgan fingerprint density at radius 2 is 1.56 bits per heavy atom. The molecule has 3 heterocycles. The molecule has 212 valence electrons. The Kier molecular flexibility index (Phi) is 7.56. The molecule has 0 unspecified atom stereocenters. The van der Waals surface area contributed by atoms with Gasteiger partial charge in [-0.05, 0) is 38.0 Å². The predicted molar refractivity (Wildman–Crippen MR) is 160 cm³/mol. The summed E-state index contributed by atoms with van der Waals surface area (Å²) in [4.78, 5) is 43.2. The van der Waals surface area contributed by atoms with Crippen LogP contribution in [0, 0.1) is 0 Å². The number of hydrogen-bond acceptors (Lipinski definition) is 5. The normalized spacial score (nSPS) is 20.2. The third-order valence-corrected chi connectivity index (χ3v) is 8.43. The van der Waals surface area contributed by atoms with Crippen molar-refractivity contribution in [1.82, 2.24) is 5.06 Å². The molecule has 2 amide bonds. The van der Waals surface area contributed by atoms with Crippen LogP contribution in [0.3, 0.4) is 0 Å². The number of hydrogen-bond donors (Lipinski definition) is 0. The number of benzene rings is 2. The number of rotatable bonds is 8. The number of para-hydroxylation sites is 2. The van der Waals surface area contributed by atoms with Crippen LogP contribution in [0.25, 0.3) is 0 Å². The highest BCUT2D eigenvalue weighted by Gasteiger charge is 2.42. The fourth-order valence-corrected chi connectivity index (χ4v) is 6.23. The maximum atomic E-state index is 12.4. The molecule has 1 saturated heterocycles. The summed E-state index contributed by atoms with van der Waals surface area (Å²) in [5.41, 5.74) is 7.02. The van der Waals surface area contributed by atoms with Crippen LogP contribution in [0.4, 0.5) is 11.4 Å². The molecule has 0 N–H and O–H groups in total. The van der Waals surface area contributed by atoms with Crippen molar-refractivity contribution >= 4 is 34.9 Å². The zero-order valence-electron chi connectivity index (χ0n) is 24.5. The molecule has 3 aliphatic heterocycles. The monoisotopic (exact) mass is 552 g/mol. The van der Waals surface area contributed by atoms with Crippen LogP contribution >= 0.6 is 0 Å². The molecular formula is C34H38N3O4+. The van der Waals surface area contributed by atoms with E-state index in [9.17, 15) is 14.4 Å². The summed E-state index contributed by atoms with van der Waals surface area (Å²) in [6.45, 7) is 9.54. The molecule has 41 heavy (non-hydrogen) atoms. The zero-order chi connectivity index (χ0) is 29.4. The lowest BCUT2D eigenvalue weighted by atomic mass is 9.81. The van der Waals surface area contributed by atoms with E-state index in [0.29, 0.717) is 18.0 Å². The predicted octanol–water partition coefficient (Wildman–Crippen LogP) is 5.87. The van der Waals surface area contributed by atoms with Gasteiger partial charge in [-0.3, -0.25) is 9.59 Å². The van der Waals surface area contributed by atoms with Crippen LogP contribution < -0.4 is 4.90 Å². The Bertz CT molecular complexity index is 1510. The lowest BCUT2D eigenvalue weighted by Crippen LogP contribution is -2.32. The molecule has 0 spiro atoms. The molecular weight excluding hydrogens is 514 g/mol. The first-order chi connectivity index (χ1) is 19.5. The van der Waals surface area contributed by atoms with E-state index >= 15 is 0 Å². The van der Waals surface area contributed by atoms with Gasteiger partial charge in [-0.25, -0.2) is 4.79 Å². The molecule has 2 aromatic carbocycles. The first-order valence-corrected chi connectivity index (χ1v) is 14.2. The number of amides is 2. The summed E-state index contributed by atoms with van der Waals surface area (Å²) in [5.74, 6) is -1.50. The minimum atomic E-state index is -0.574. The maximum absolute atomic E-state index is 12.4. The Morgan fingerprint density at radius 1 is 0.902 bits per heavy atom. The van der Waals surface area contributed by atoms with Gasteiger partial charge in [-0.2, -0.15) is 4.58 Å². The highest BCUT2D eigenvalue weighted by Crippen LogP contribution is 2.47. The van der Waals surface area contributed by atoms with Gasteiger partial charge in [0.2, 0.25) is 5.69 Å². The van der Waals surface area contributed by atoms with E-state index in [4.69, 9.17) is 4.84 Å². The Morgan fingerprint density at radius 3 is 2.27 bits per heavy atom. The molecule has 0 radical (unpaired) electrons. The van der Waals surface area contributed by atoms with E-state index in [1.807, 2.05) is 6.07 Å². The van der Waals surface area contributed by atoms with Crippen molar-refractivity contribution in [2.75, 3.05) is 18.5 Å². The van der Waals surface area contributed by atoms with Gasteiger partial charge in [0.1, 0.15) is 7.05 Å². The molecule has 7 heteroatoms. The SMILES string of the molecule is C[N+]1=C(/C=C/C=C/C=C2/N(CCCC(=O)ON3C(=O)CCC3=O)c3ccccc3C2(C)C)C(C)(C)c2ccccc21. The number of fused-ring (bicyclic) bond motifs is 2. The molecule has 1 fully saturated rings. The summed E-state index contributed by atoms with van der Waals surface area (Å²) < 4.78 is 2.26. The second kappa shape index (κ2) is 11.0. The van der Waals surface area contributed by atoms with Crippen LogP contribution in [0.1, 0.15) is 64.5 Å². The van der Waals surface area contributed by atoms with Crippen molar-refractivity contribution in [3.8, 4) is 0 Å². The van der Waals surface area contributed by atoms with Crippen molar-refractivity contribution in [3.63, 3.8) is 0 Å². The van der Waals surface area contributed by atoms with Crippen molar-refractivity contribution in [2.24, 2.45) is 0 Å². The summed E-state index contributed by atoms with van der Waals surface area (Å²) in [6, 6.07) is 16.9. The number of allylic oxidation sites excluding steroid dienone is 6. The second-order valence-corrected chi connectivity index (χ2v) is 11.8. The topological polar surface area (TPSA) is 69.9 Å². The van der Waals surface area contributed by atoms with E-state index in [2.05, 4.69) is 117 Å². The quantitative estimate of drug-likeness (QED) is 0.233. The highest BCUT2D eigenvalue weighted by molar-refractivity contribution is 6.03. The summed E-state index contributed by atoms with van der Waals surface area (Å²) in [6.07, 6.45) is 11.3. The van der Waals surface area contributed by atoms with Gasteiger partial charge in [0.05, 0.1) is 5.41 Å². The second-order valence-electron chi connectivity index (χ2n) is 11.8. The van der Waals surface area contributed by atoms with E-state index in [1.54, 1.807) is 0 Å². The Labute approximate surface area is 242 Å². The minimum absolute atomic E-state index is 0.0729. The highest BCUT2D eigenvalue weighted by atomic mass is 16.7. The number of carbonyl (C=O) groups excluding carboxylic acids is 3. The van der Waals surface area contributed by atoms with Crippen molar-refractivity contribution in [2.45, 2.75) is 64.2 Å². The maximum Gasteiger partial charge on any atom is 0.333 e. The Hall–Kier alpha value is -4.26. The third-order valence-electron chi connectivity index (χ3n) is 8.43. The lowest BCUT2D eigenvalue weighted by molar-refractivity contribution is -0.401. The summed E-state index contributed by atoms with van der Waals surface area (Å²) >= 11 is 0. The van der Waals surface area contributed by atoms with Gasteiger partial charge in [0.15, 0.2) is 5.71 Å². The molecule has 0 bridgehead atoms. The fourth-order valence-electron chi connectivity index (χ4n) is 6.23. The van der Waals surface area contributed by atoms with E-state index < -0.39 is 17.8 Å². The van der Waals surface area contributed by atoms with E-state index in [1.165, 1.54) is 22.5 Å². The van der Waals surface area contributed by atoms with Crippen LogP contribution in [0.2, 0.25) is 0 Å². The van der Waals surface area contributed by atoms with Gasteiger partial charge < -0.3 is 9.74 Å². The standard InChI is InChI=1S/C34H38N3O4/c1-33(2)24-14-9-11-16-26(24)35(5)28(33)18-7-6-8-19-29-34(3,4)25-15-10-12-17-27(25)36(29)23-13-20-32(40)41-37-30(38)21-22-31(37)39/h6-12,14-19H,13,20-23H2,1-5H3/q+1. The van der Waals surface area contributed by atoms with Gasteiger partial charge in [0.25, 0.3) is 11.8 Å². The lowest BCUT2D eigenvalue weighted by Gasteiger charge is -2.27. The Balaban J connectivity index is 1.30. The number of imide groups is 1. The number of carbonyl (C=O) groups is 3. The van der Waals surface area contributed by atoms with Gasteiger partial charge in [-0.15, -0.1) is 5.06 Å². The van der Waals surface area contributed by atoms with E-state index in [0.717, 1.165) is 11.4 Å².